The van der Waals surface area contributed by atoms with E-state index in [0.29, 0.717) is 5.82 Å². The maximum atomic E-state index is 5.87. The van der Waals surface area contributed by atoms with Gasteiger partial charge in [0.1, 0.15) is 11.6 Å². The Morgan fingerprint density at radius 3 is 2.69 bits per heavy atom. The van der Waals surface area contributed by atoms with Gasteiger partial charge in [-0.2, -0.15) is 5.10 Å². The molecule has 0 aromatic carbocycles. The van der Waals surface area contributed by atoms with Crippen molar-refractivity contribution < 1.29 is 0 Å². The number of aryl methyl sites for hydroxylation is 2. The van der Waals surface area contributed by atoms with Gasteiger partial charge in [-0.15, -0.1) is 0 Å². The second-order valence-corrected chi connectivity index (χ2v) is 3.69. The standard InChI is InChI=1S/C11H15N5/c1-4-9-14-10(7(2)11(12)15-9)8-5-6-13-16(8)3/h5-6H,4H2,1-3H3,(H2,12,14,15). The van der Waals surface area contributed by atoms with E-state index in [2.05, 4.69) is 15.1 Å². The lowest BCUT2D eigenvalue weighted by Gasteiger charge is -2.09. The van der Waals surface area contributed by atoms with Crippen LogP contribution in [0.25, 0.3) is 11.4 Å². The minimum atomic E-state index is 0.544. The van der Waals surface area contributed by atoms with E-state index in [1.165, 1.54) is 0 Å². The Morgan fingerprint density at radius 1 is 1.38 bits per heavy atom. The van der Waals surface area contributed by atoms with Gasteiger partial charge in [-0.3, -0.25) is 4.68 Å². The zero-order valence-electron chi connectivity index (χ0n) is 9.73. The summed E-state index contributed by atoms with van der Waals surface area (Å²) in [4.78, 5) is 8.73. The van der Waals surface area contributed by atoms with Crippen LogP contribution < -0.4 is 5.73 Å². The van der Waals surface area contributed by atoms with Crippen molar-refractivity contribution in [2.45, 2.75) is 20.3 Å². The van der Waals surface area contributed by atoms with Gasteiger partial charge in [0.15, 0.2) is 0 Å². The van der Waals surface area contributed by atoms with Crippen molar-refractivity contribution in [1.82, 2.24) is 19.7 Å². The lowest BCUT2D eigenvalue weighted by Crippen LogP contribution is -2.06. The number of anilines is 1. The largest absolute Gasteiger partial charge is 0.383 e. The fourth-order valence-corrected chi connectivity index (χ4v) is 1.60. The van der Waals surface area contributed by atoms with Gasteiger partial charge >= 0.3 is 0 Å². The predicted octanol–water partition coefficient (Wildman–Crippen LogP) is 1.33. The van der Waals surface area contributed by atoms with Crippen LogP contribution in [0.1, 0.15) is 18.3 Å². The molecule has 0 fully saturated rings. The number of nitrogen functional groups attached to an aromatic ring is 1. The molecule has 0 aliphatic carbocycles. The molecule has 2 aromatic rings. The number of aromatic nitrogens is 4. The van der Waals surface area contributed by atoms with Crippen molar-refractivity contribution in [2.24, 2.45) is 7.05 Å². The van der Waals surface area contributed by atoms with Gasteiger partial charge in [0.05, 0.1) is 11.4 Å². The molecule has 0 atom stereocenters. The summed E-state index contributed by atoms with van der Waals surface area (Å²) >= 11 is 0. The van der Waals surface area contributed by atoms with Crippen molar-refractivity contribution in [2.75, 3.05) is 5.73 Å². The van der Waals surface area contributed by atoms with Gasteiger partial charge in [-0.25, -0.2) is 9.97 Å². The summed E-state index contributed by atoms with van der Waals surface area (Å²) in [5, 5.41) is 4.13. The molecule has 2 N–H and O–H groups in total. The molecule has 16 heavy (non-hydrogen) atoms. The highest BCUT2D eigenvalue weighted by atomic mass is 15.3. The fourth-order valence-electron chi connectivity index (χ4n) is 1.60. The summed E-state index contributed by atoms with van der Waals surface area (Å²) < 4.78 is 1.79. The van der Waals surface area contributed by atoms with Crippen LogP contribution in [0, 0.1) is 6.92 Å². The number of hydrogen-bond donors (Lipinski definition) is 1. The van der Waals surface area contributed by atoms with Crippen LogP contribution in [0.4, 0.5) is 5.82 Å². The average Bonchev–Trinajstić information content (AvgIpc) is 2.68. The number of rotatable bonds is 2. The van der Waals surface area contributed by atoms with Crippen LogP contribution in [0.3, 0.4) is 0 Å². The smallest absolute Gasteiger partial charge is 0.131 e. The zero-order valence-corrected chi connectivity index (χ0v) is 9.73. The first-order valence-electron chi connectivity index (χ1n) is 5.24. The Kier molecular flexibility index (Phi) is 2.60. The van der Waals surface area contributed by atoms with Crippen molar-refractivity contribution >= 4 is 5.82 Å². The van der Waals surface area contributed by atoms with E-state index in [9.17, 15) is 0 Å². The van der Waals surface area contributed by atoms with Crippen molar-refractivity contribution in [3.63, 3.8) is 0 Å². The second kappa shape index (κ2) is 3.92. The van der Waals surface area contributed by atoms with Crippen molar-refractivity contribution in [3.8, 4) is 11.4 Å². The van der Waals surface area contributed by atoms with E-state index in [4.69, 9.17) is 5.73 Å². The van der Waals surface area contributed by atoms with Crippen LogP contribution in [0.5, 0.6) is 0 Å². The van der Waals surface area contributed by atoms with Gasteiger partial charge in [0.25, 0.3) is 0 Å². The van der Waals surface area contributed by atoms with Crippen LogP contribution in [-0.2, 0) is 13.5 Å². The summed E-state index contributed by atoms with van der Waals surface area (Å²) in [6, 6.07) is 1.92. The van der Waals surface area contributed by atoms with E-state index >= 15 is 0 Å². The van der Waals surface area contributed by atoms with E-state index in [1.54, 1.807) is 10.9 Å². The molecule has 0 amide bonds. The third kappa shape index (κ3) is 1.64. The SMILES string of the molecule is CCc1nc(N)c(C)c(-c2ccnn2C)n1. The Hall–Kier alpha value is -1.91. The summed E-state index contributed by atoms with van der Waals surface area (Å²) in [7, 11) is 1.89. The minimum absolute atomic E-state index is 0.544. The minimum Gasteiger partial charge on any atom is -0.383 e. The first-order valence-corrected chi connectivity index (χ1v) is 5.24. The molecule has 2 heterocycles. The van der Waals surface area contributed by atoms with Gasteiger partial charge in [0, 0.05) is 25.2 Å². The molecule has 5 heteroatoms. The Morgan fingerprint density at radius 2 is 2.12 bits per heavy atom. The number of nitrogens with zero attached hydrogens (tertiary/aromatic N) is 4. The third-order valence-corrected chi connectivity index (χ3v) is 2.61. The van der Waals surface area contributed by atoms with Gasteiger partial charge in [-0.05, 0) is 13.0 Å². The van der Waals surface area contributed by atoms with Gasteiger partial charge in [-0.1, -0.05) is 6.92 Å². The first kappa shape index (κ1) is 10.6. The molecular weight excluding hydrogens is 202 g/mol. The molecule has 0 spiro atoms. The molecule has 0 radical (unpaired) electrons. The van der Waals surface area contributed by atoms with Crippen LogP contribution in [0.15, 0.2) is 12.3 Å². The molecule has 2 rings (SSSR count). The molecule has 0 aliphatic rings. The third-order valence-electron chi connectivity index (χ3n) is 2.61. The van der Waals surface area contributed by atoms with Crippen molar-refractivity contribution in [1.29, 1.82) is 0 Å². The van der Waals surface area contributed by atoms with E-state index in [-0.39, 0.29) is 0 Å². The molecule has 0 bridgehead atoms. The van der Waals surface area contributed by atoms with Gasteiger partial charge in [0.2, 0.25) is 0 Å². The lowest BCUT2D eigenvalue weighted by molar-refractivity contribution is 0.770. The monoisotopic (exact) mass is 217 g/mol. The Balaban J connectivity index is 2.64. The van der Waals surface area contributed by atoms with Crippen LogP contribution >= 0.6 is 0 Å². The normalized spacial score (nSPS) is 10.7. The molecule has 5 nitrogen and oxygen atoms in total. The maximum Gasteiger partial charge on any atom is 0.131 e. The fraction of sp³-hybridized carbons (Fsp3) is 0.364. The topological polar surface area (TPSA) is 69.6 Å². The second-order valence-electron chi connectivity index (χ2n) is 3.69. The van der Waals surface area contributed by atoms with Gasteiger partial charge < -0.3 is 5.73 Å². The highest BCUT2D eigenvalue weighted by Crippen LogP contribution is 2.23. The molecule has 0 saturated carbocycles. The predicted molar refractivity (Wildman–Crippen MR) is 62.8 cm³/mol. The molecule has 2 aromatic heterocycles. The first-order chi connectivity index (χ1) is 7.63. The average molecular weight is 217 g/mol. The van der Waals surface area contributed by atoms with Crippen molar-refractivity contribution in [3.05, 3.63) is 23.7 Å². The lowest BCUT2D eigenvalue weighted by atomic mass is 10.1. The summed E-state index contributed by atoms with van der Waals surface area (Å²) in [5.74, 6) is 1.31. The highest BCUT2D eigenvalue weighted by Gasteiger charge is 2.12. The molecule has 0 aliphatic heterocycles. The van der Waals surface area contributed by atoms with E-state index < -0.39 is 0 Å². The Labute approximate surface area is 94.3 Å². The van der Waals surface area contributed by atoms with E-state index in [0.717, 1.165) is 29.2 Å². The van der Waals surface area contributed by atoms with E-state index in [1.807, 2.05) is 27.0 Å². The summed E-state index contributed by atoms with van der Waals surface area (Å²) in [6.45, 7) is 3.94. The maximum absolute atomic E-state index is 5.87. The van der Waals surface area contributed by atoms with Crippen LogP contribution in [-0.4, -0.2) is 19.7 Å². The van der Waals surface area contributed by atoms with Crippen LogP contribution in [0.2, 0.25) is 0 Å². The number of nitrogens with two attached hydrogens (primary N) is 1. The molecule has 0 unspecified atom stereocenters. The molecular formula is C11H15N5. The number of hydrogen-bond acceptors (Lipinski definition) is 4. The molecule has 84 valence electrons. The summed E-state index contributed by atoms with van der Waals surface area (Å²) in [6.07, 6.45) is 2.52. The highest BCUT2D eigenvalue weighted by molar-refractivity contribution is 5.64. The zero-order chi connectivity index (χ0) is 11.7. The Bertz CT molecular complexity index is 515. The molecule has 0 saturated heterocycles. The quantitative estimate of drug-likeness (QED) is 0.823. The summed E-state index contributed by atoms with van der Waals surface area (Å²) in [5.41, 5.74) is 8.60.